The monoisotopic (exact) mass is 305 g/mol. The highest BCUT2D eigenvalue weighted by Crippen LogP contribution is 2.45. The summed E-state index contributed by atoms with van der Waals surface area (Å²) in [7, 11) is 0. The number of aromatic nitrogens is 1. The van der Waals surface area contributed by atoms with Crippen LogP contribution in [0.2, 0.25) is 5.02 Å². The summed E-state index contributed by atoms with van der Waals surface area (Å²) >= 11 is 24.0. The van der Waals surface area contributed by atoms with Gasteiger partial charge in [-0.2, -0.15) is 0 Å². The lowest BCUT2D eigenvalue weighted by molar-refractivity contribution is 1.23. The molecule has 0 amide bonds. The number of halogens is 4. The van der Waals surface area contributed by atoms with Crippen molar-refractivity contribution in [1.82, 2.24) is 4.98 Å². The van der Waals surface area contributed by atoms with Gasteiger partial charge in [0, 0.05) is 34.1 Å². The zero-order chi connectivity index (χ0) is 12.5. The van der Waals surface area contributed by atoms with Crippen LogP contribution in [0.4, 0.5) is 0 Å². The molecule has 2 rings (SSSR count). The summed E-state index contributed by atoms with van der Waals surface area (Å²) in [5.41, 5.74) is 2.06. The first-order valence-corrected chi connectivity index (χ1v) is 6.27. The van der Waals surface area contributed by atoms with Gasteiger partial charge in [0.05, 0.1) is 0 Å². The molecular weight excluding hydrogens is 300 g/mol. The summed E-state index contributed by atoms with van der Waals surface area (Å²) in [6, 6.07) is 8.92. The SMILES string of the molecule is Clc1cccc(C(Cl)(Cl)Cl)c1-c1cccnc1. The molecule has 1 nitrogen and oxygen atoms in total. The van der Waals surface area contributed by atoms with Crippen LogP contribution in [0.15, 0.2) is 42.7 Å². The van der Waals surface area contributed by atoms with E-state index in [0.717, 1.165) is 5.56 Å². The topological polar surface area (TPSA) is 12.9 Å². The average Bonchev–Trinajstić information content (AvgIpc) is 2.28. The molecule has 0 aliphatic carbocycles. The van der Waals surface area contributed by atoms with Crippen LogP contribution < -0.4 is 0 Å². The molecule has 0 fully saturated rings. The zero-order valence-electron chi connectivity index (χ0n) is 8.50. The van der Waals surface area contributed by atoms with Gasteiger partial charge in [0.15, 0.2) is 0 Å². The number of rotatable bonds is 1. The van der Waals surface area contributed by atoms with Gasteiger partial charge in [-0.15, -0.1) is 0 Å². The normalized spacial score (nSPS) is 11.5. The van der Waals surface area contributed by atoms with Crippen LogP contribution in [0.1, 0.15) is 5.56 Å². The van der Waals surface area contributed by atoms with Crippen molar-refractivity contribution in [2.24, 2.45) is 0 Å². The molecule has 2 aromatic rings. The molecule has 0 bridgehead atoms. The number of hydrogen-bond donors (Lipinski definition) is 0. The number of benzene rings is 1. The molecule has 1 aromatic heterocycles. The summed E-state index contributed by atoms with van der Waals surface area (Å²) in [6.45, 7) is 0. The summed E-state index contributed by atoms with van der Waals surface area (Å²) in [5, 5.41) is 0.529. The number of pyridine rings is 1. The third-order valence-corrected chi connectivity index (χ3v) is 3.19. The molecule has 88 valence electrons. The van der Waals surface area contributed by atoms with E-state index in [2.05, 4.69) is 4.98 Å². The Bertz CT molecular complexity index is 520. The molecular formula is C12H7Cl4N. The molecule has 0 aliphatic heterocycles. The minimum absolute atomic E-state index is 0.529. The maximum atomic E-state index is 6.17. The Morgan fingerprint density at radius 3 is 2.35 bits per heavy atom. The van der Waals surface area contributed by atoms with E-state index in [4.69, 9.17) is 46.4 Å². The van der Waals surface area contributed by atoms with Crippen molar-refractivity contribution >= 4 is 46.4 Å². The van der Waals surface area contributed by atoms with E-state index in [1.54, 1.807) is 36.7 Å². The Hall–Kier alpha value is -0.470. The van der Waals surface area contributed by atoms with Crippen molar-refractivity contribution in [3.8, 4) is 11.1 Å². The molecule has 0 atom stereocenters. The smallest absolute Gasteiger partial charge is 0.216 e. The van der Waals surface area contributed by atoms with Crippen LogP contribution in [0.5, 0.6) is 0 Å². The van der Waals surface area contributed by atoms with Crippen molar-refractivity contribution in [2.45, 2.75) is 3.79 Å². The maximum absolute atomic E-state index is 6.17. The Morgan fingerprint density at radius 2 is 1.76 bits per heavy atom. The molecule has 1 aromatic carbocycles. The van der Waals surface area contributed by atoms with Crippen molar-refractivity contribution < 1.29 is 0 Å². The molecule has 5 heteroatoms. The van der Waals surface area contributed by atoms with Crippen LogP contribution >= 0.6 is 46.4 Å². The first kappa shape index (κ1) is 13.0. The first-order valence-electron chi connectivity index (χ1n) is 4.76. The molecule has 0 N–H and O–H groups in total. The van der Waals surface area contributed by atoms with E-state index in [1.165, 1.54) is 0 Å². The minimum Gasteiger partial charge on any atom is -0.264 e. The Kier molecular flexibility index (Phi) is 3.84. The van der Waals surface area contributed by atoms with Crippen LogP contribution in [0.3, 0.4) is 0 Å². The molecule has 17 heavy (non-hydrogen) atoms. The largest absolute Gasteiger partial charge is 0.264 e. The Morgan fingerprint density at radius 1 is 1.00 bits per heavy atom. The summed E-state index contributed by atoms with van der Waals surface area (Å²) < 4.78 is -1.52. The summed E-state index contributed by atoms with van der Waals surface area (Å²) in [5.74, 6) is 0. The maximum Gasteiger partial charge on any atom is 0.216 e. The zero-order valence-corrected chi connectivity index (χ0v) is 11.5. The third kappa shape index (κ3) is 2.86. The van der Waals surface area contributed by atoms with Gasteiger partial charge in [0.1, 0.15) is 0 Å². The molecule has 0 aliphatic rings. The van der Waals surface area contributed by atoms with E-state index in [9.17, 15) is 0 Å². The number of alkyl halides is 3. The standard InChI is InChI=1S/C12H7Cl4N/c13-10-5-1-4-9(12(14,15)16)11(10)8-3-2-6-17-7-8/h1-7H. The number of hydrogen-bond acceptors (Lipinski definition) is 1. The van der Waals surface area contributed by atoms with Crippen LogP contribution in [0.25, 0.3) is 11.1 Å². The third-order valence-electron chi connectivity index (χ3n) is 2.27. The fourth-order valence-corrected chi connectivity index (χ4v) is 2.32. The predicted molar refractivity (Wildman–Crippen MR) is 73.9 cm³/mol. The summed E-state index contributed by atoms with van der Waals surface area (Å²) in [4.78, 5) is 4.04. The Labute approximate surface area is 119 Å². The van der Waals surface area contributed by atoms with Crippen molar-refractivity contribution in [3.63, 3.8) is 0 Å². The van der Waals surface area contributed by atoms with Crippen molar-refractivity contribution in [3.05, 3.63) is 53.3 Å². The van der Waals surface area contributed by atoms with E-state index >= 15 is 0 Å². The van der Waals surface area contributed by atoms with Crippen LogP contribution in [0, 0.1) is 0 Å². The van der Waals surface area contributed by atoms with Gasteiger partial charge >= 0.3 is 0 Å². The van der Waals surface area contributed by atoms with Gasteiger partial charge in [-0.1, -0.05) is 64.6 Å². The van der Waals surface area contributed by atoms with Gasteiger partial charge in [-0.05, 0) is 12.1 Å². The molecule has 1 heterocycles. The molecule has 0 saturated heterocycles. The molecule has 0 radical (unpaired) electrons. The second-order valence-corrected chi connectivity index (χ2v) is 6.09. The summed E-state index contributed by atoms with van der Waals surface area (Å²) in [6.07, 6.45) is 3.36. The van der Waals surface area contributed by atoms with Gasteiger partial charge in [0.2, 0.25) is 3.79 Å². The van der Waals surface area contributed by atoms with Crippen molar-refractivity contribution in [2.75, 3.05) is 0 Å². The second-order valence-electron chi connectivity index (χ2n) is 3.40. The average molecular weight is 307 g/mol. The van der Waals surface area contributed by atoms with E-state index < -0.39 is 3.79 Å². The highest BCUT2D eigenvalue weighted by atomic mass is 35.6. The van der Waals surface area contributed by atoms with E-state index in [0.29, 0.717) is 16.1 Å². The van der Waals surface area contributed by atoms with Gasteiger partial charge < -0.3 is 0 Å². The van der Waals surface area contributed by atoms with Crippen molar-refractivity contribution in [1.29, 1.82) is 0 Å². The highest BCUT2D eigenvalue weighted by molar-refractivity contribution is 6.67. The molecule has 0 unspecified atom stereocenters. The highest BCUT2D eigenvalue weighted by Gasteiger charge is 2.27. The fraction of sp³-hybridized carbons (Fsp3) is 0.0833. The minimum atomic E-state index is -1.52. The first-order chi connectivity index (χ1) is 8.00. The van der Waals surface area contributed by atoms with Crippen LogP contribution in [-0.2, 0) is 3.79 Å². The Balaban J connectivity index is 2.69. The van der Waals surface area contributed by atoms with E-state index in [-0.39, 0.29) is 0 Å². The van der Waals surface area contributed by atoms with Gasteiger partial charge in [-0.25, -0.2) is 0 Å². The van der Waals surface area contributed by atoms with Gasteiger partial charge in [0.25, 0.3) is 0 Å². The number of nitrogens with zero attached hydrogens (tertiary/aromatic N) is 1. The van der Waals surface area contributed by atoms with Gasteiger partial charge in [-0.3, -0.25) is 4.98 Å². The van der Waals surface area contributed by atoms with E-state index in [1.807, 2.05) is 6.07 Å². The second kappa shape index (κ2) is 5.03. The lowest BCUT2D eigenvalue weighted by Crippen LogP contribution is -2.03. The lowest BCUT2D eigenvalue weighted by Gasteiger charge is -2.17. The molecule has 0 spiro atoms. The van der Waals surface area contributed by atoms with Crippen LogP contribution in [-0.4, -0.2) is 4.98 Å². The molecule has 0 saturated carbocycles. The predicted octanol–water partition coefficient (Wildman–Crippen LogP) is 5.23. The fourth-order valence-electron chi connectivity index (χ4n) is 1.56. The lowest BCUT2D eigenvalue weighted by atomic mass is 10.0. The quantitative estimate of drug-likeness (QED) is 0.657.